The van der Waals surface area contributed by atoms with E-state index < -0.39 is 20.2 Å². The van der Waals surface area contributed by atoms with Crippen LogP contribution in [0.4, 0.5) is 0 Å². The minimum atomic E-state index is -4.50. The van der Waals surface area contributed by atoms with Gasteiger partial charge in [0.2, 0.25) is 0 Å². The molecule has 0 bridgehead atoms. The van der Waals surface area contributed by atoms with Crippen molar-refractivity contribution in [1.29, 1.82) is 0 Å². The number of hydrogen-bond donors (Lipinski definition) is 2. The van der Waals surface area contributed by atoms with E-state index in [2.05, 4.69) is 157 Å². The van der Waals surface area contributed by atoms with Gasteiger partial charge in [-0.15, -0.1) is 0 Å². The topological polar surface area (TPSA) is 201 Å². The van der Waals surface area contributed by atoms with Crippen molar-refractivity contribution in [3.63, 3.8) is 0 Å². The Morgan fingerprint density at radius 1 is 0.295 bits per heavy atom. The lowest BCUT2D eigenvalue weighted by atomic mass is 9.78. The number of rotatable bonds is 9. The second-order valence-corrected chi connectivity index (χ2v) is 16.7. The van der Waals surface area contributed by atoms with Crippen LogP contribution < -0.4 is 11.5 Å². The quantitative estimate of drug-likeness (QED) is 0.118. The third kappa shape index (κ3) is 11.0. The van der Waals surface area contributed by atoms with Gasteiger partial charge in [0.25, 0.3) is 0 Å². The molecule has 11 heteroatoms. The summed E-state index contributed by atoms with van der Waals surface area (Å²) in [6.07, 6.45) is 0. The molecule has 0 aliphatic heterocycles. The molecule has 0 fully saturated rings. The van der Waals surface area contributed by atoms with Gasteiger partial charge in [0.05, 0.1) is 9.79 Å². The fourth-order valence-electron chi connectivity index (χ4n) is 6.96. The van der Waals surface area contributed by atoms with Crippen molar-refractivity contribution >= 4 is 20.2 Å². The molecule has 0 saturated heterocycles. The molecule has 61 heavy (non-hydrogen) atoms. The summed E-state index contributed by atoms with van der Waals surface area (Å²) in [6.45, 7) is 0. The molecule has 8 aromatic carbocycles. The largest absolute Gasteiger partial charge is 0.744 e. The van der Waals surface area contributed by atoms with Crippen LogP contribution in [0.15, 0.2) is 240 Å². The van der Waals surface area contributed by atoms with E-state index in [0.717, 1.165) is 24.3 Å². The summed E-state index contributed by atoms with van der Waals surface area (Å²) in [5.41, 5.74) is 16.8. The van der Waals surface area contributed by atoms with E-state index >= 15 is 0 Å². The Morgan fingerprint density at radius 2 is 0.459 bits per heavy atom. The van der Waals surface area contributed by atoms with Crippen LogP contribution in [0.5, 0.6) is 0 Å². The number of quaternary nitrogens is 2. The second-order valence-electron chi connectivity index (χ2n) is 14.0. The smallest absolute Gasteiger partial charge is 0.172 e. The molecule has 0 radical (unpaired) electrons. The van der Waals surface area contributed by atoms with E-state index in [4.69, 9.17) is 0 Å². The molecule has 0 aromatic heterocycles. The molecule has 8 aromatic rings. The van der Waals surface area contributed by atoms with Crippen molar-refractivity contribution in [1.82, 2.24) is 0 Å². The highest BCUT2D eigenvalue weighted by Crippen LogP contribution is 2.33. The van der Waals surface area contributed by atoms with E-state index in [9.17, 15) is 25.9 Å². The second kappa shape index (κ2) is 20.1. The number of benzene rings is 8. The zero-order chi connectivity index (χ0) is 42.6. The molecule has 0 heterocycles. The molecule has 0 spiro atoms. The van der Waals surface area contributed by atoms with Crippen LogP contribution in [-0.2, 0) is 31.3 Å². The van der Waals surface area contributed by atoms with Gasteiger partial charge in [0.15, 0.2) is 11.1 Å². The van der Waals surface area contributed by atoms with Gasteiger partial charge in [-0.25, -0.2) is 16.8 Å². The van der Waals surface area contributed by atoms with Crippen molar-refractivity contribution < 1.29 is 42.9 Å². The maximum absolute atomic E-state index is 10.8. The van der Waals surface area contributed by atoms with Gasteiger partial charge in [-0.05, 0) is 35.4 Å². The molecular formula is C50H46N2O7S2. The molecule has 0 aliphatic rings. The fraction of sp³-hybridized carbons (Fsp3) is 0.0400. The molecule has 310 valence electrons. The highest BCUT2D eigenvalue weighted by atomic mass is 32.2. The van der Waals surface area contributed by atoms with Crippen LogP contribution in [0.25, 0.3) is 11.1 Å². The molecule has 0 atom stereocenters. The van der Waals surface area contributed by atoms with Crippen LogP contribution in [0, 0.1) is 0 Å². The molecule has 0 aliphatic carbocycles. The zero-order valence-electron chi connectivity index (χ0n) is 33.1. The number of hydrogen-bond acceptors (Lipinski definition) is 6. The Kier molecular flexibility index (Phi) is 15.0. The van der Waals surface area contributed by atoms with Crippen LogP contribution in [0.2, 0.25) is 0 Å². The zero-order valence-corrected chi connectivity index (χ0v) is 34.8. The van der Waals surface area contributed by atoms with Gasteiger partial charge in [-0.2, -0.15) is 0 Å². The lowest BCUT2D eigenvalue weighted by molar-refractivity contribution is -0.455. The van der Waals surface area contributed by atoms with Crippen LogP contribution in [0.1, 0.15) is 33.4 Å². The Hall–Kier alpha value is -6.54. The van der Waals surface area contributed by atoms with E-state index in [1.54, 1.807) is 0 Å². The van der Waals surface area contributed by atoms with E-state index in [1.807, 2.05) is 36.4 Å². The van der Waals surface area contributed by atoms with Gasteiger partial charge in [-0.1, -0.05) is 206 Å². The van der Waals surface area contributed by atoms with Gasteiger partial charge < -0.3 is 26.0 Å². The standard InChI is InChI=1S/2C19H17N.C12H10O6S2.H2O/c2*20-19(16-10-4-1-5-11-16,17-12-6-2-7-13-17)18-14-8-3-9-15-18;13-19(14,15)11-5-1-9(2-6-11)10-3-7-12(8-4-10)20(16,17)18;/h2*1-15H,20H2;1-8H,(H,13,14,15)(H,16,17,18);1H2. The normalized spacial score (nSPS) is 11.4. The first-order valence-electron chi connectivity index (χ1n) is 19.0. The van der Waals surface area contributed by atoms with Crippen molar-refractivity contribution in [3.05, 3.63) is 264 Å². The summed E-state index contributed by atoms with van der Waals surface area (Å²) in [7, 11) is -9.00. The average molecular weight is 851 g/mol. The third-order valence-electron chi connectivity index (χ3n) is 10.2. The monoisotopic (exact) mass is 850 g/mol. The van der Waals surface area contributed by atoms with Gasteiger partial charge in [0, 0.05) is 33.4 Å². The Bertz CT molecular complexity index is 2390. The highest BCUT2D eigenvalue weighted by Gasteiger charge is 2.36. The van der Waals surface area contributed by atoms with E-state index in [0.29, 0.717) is 11.1 Å². The van der Waals surface area contributed by atoms with Crippen molar-refractivity contribution in [2.24, 2.45) is 0 Å². The summed E-state index contributed by atoms with van der Waals surface area (Å²) < 4.78 is 64.7. The first-order valence-corrected chi connectivity index (χ1v) is 21.8. The molecular weight excluding hydrogens is 805 g/mol. The third-order valence-corrected chi connectivity index (χ3v) is 11.9. The Morgan fingerprint density at radius 3 is 0.607 bits per heavy atom. The summed E-state index contributed by atoms with van der Waals surface area (Å²) in [5.74, 6) is 0. The lowest BCUT2D eigenvalue weighted by Gasteiger charge is -2.27. The van der Waals surface area contributed by atoms with Gasteiger partial charge in [-0.3, -0.25) is 0 Å². The first-order chi connectivity index (χ1) is 28.8. The lowest BCUT2D eigenvalue weighted by Crippen LogP contribution is -2.71. The molecule has 9 nitrogen and oxygen atoms in total. The van der Waals surface area contributed by atoms with E-state index in [-0.39, 0.29) is 26.3 Å². The van der Waals surface area contributed by atoms with Crippen molar-refractivity contribution in [3.8, 4) is 11.1 Å². The molecule has 8 rings (SSSR count). The van der Waals surface area contributed by atoms with Crippen molar-refractivity contribution in [2.75, 3.05) is 0 Å². The van der Waals surface area contributed by atoms with Gasteiger partial charge >= 0.3 is 0 Å². The summed E-state index contributed by atoms with van der Waals surface area (Å²) >= 11 is 0. The predicted molar refractivity (Wildman–Crippen MR) is 236 cm³/mol. The molecule has 0 saturated carbocycles. The Labute approximate surface area is 357 Å². The summed E-state index contributed by atoms with van der Waals surface area (Å²) in [4.78, 5) is -0.694. The maximum Gasteiger partial charge on any atom is 0.172 e. The minimum Gasteiger partial charge on any atom is -0.744 e. The van der Waals surface area contributed by atoms with Gasteiger partial charge in [0.1, 0.15) is 20.2 Å². The minimum absolute atomic E-state index is 0. The average Bonchev–Trinajstić information content (AvgIpc) is 3.30. The SMILES string of the molecule is O.O=S(=O)([O-])c1ccc(-c2ccc(S(=O)(=O)[O-])cc2)cc1.[NH3+]C(c1ccccc1)(c1ccccc1)c1ccccc1.[NH3+]C(c1ccccc1)(c1ccccc1)c1ccccc1. The summed E-state index contributed by atoms with van der Waals surface area (Å²) in [5, 5.41) is 0. The molecule has 0 amide bonds. The highest BCUT2D eigenvalue weighted by molar-refractivity contribution is 7.86. The van der Waals surface area contributed by atoms with E-state index in [1.165, 1.54) is 57.6 Å². The maximum atomic E-state index is 10.8. The van der Waals surface area contributed by atoms with Crippen molar-refractivity contribution in [2.45, 2.75) is 20.9 Å². The molecule has 0 unspecified atom stereocenters. The Balaban J connectivity index is 0.000000172. The van der Waals surface area contributed by atoms with Crippen LogP contribution >= 0.6 is 0 Å². The summed E-state index contributed by atoms with van der Waals surface area (Å²) in [6, 6.07) is 73.2. The molecule has 8 N–H and O–H groups in total. The van der Waals surface area contributed by atoms with Crippen LogP contribution in [-0.4, -0.2) is 31.4 Å². The first kappa shape index (κ1) is 45.5. The fourth-order valence-corrected chi connectivity index (χ4v) is 7.90. The van der Waals surface area contributed by atoms with Crippen LogP contribution in [0.3, 0.4) is 0 Å². The predicted octanol–water partition coefficient (Wildman–Crippen LogP) is 6.78.